The summed E-state index contributed by atoms with van der Waals surface area (Å²) in [6, 6.07) is -13.3. The average Bonchev–Trinajstić information content (AvgIpc) is 2.84. The maximum atomic E-state index is 14.1. The van der Waals surface area contributed by atoms with Crippen molar-refractivity contribution in [2.75, 3.05) is 13.2 Å². The summed E-state index contributed by atoms with van der Waals surface area (Å²) in [5.74, 6) is -4.93. The zero-order valence-corrected chi connectivity index (χ0v) is 11.2. The molecule has 2 rings (SSSR count). The van der Waals surface area contributed by atoms with Crippen molar-refractivity contribution in [3.63, 3.8) is 0 Å². The third-order valence-corrected chi connectivity index (χ3v) is 3.21. The maximum absolute atomic E-state index is 14.1. The molecule has 0 spiro atoms. The Labute approximate surface area is 129 Å². The van der Waals surface area contributed by atoms with E-state index in [9.17, 15) is 52.7 Å². The van der Waals surface area contributed by atoms with Crippen LogP contribution in [-0.4, -0.2) is 60.7 Å². The SMILES string of the molecule is FC(N1C(F)(F)C(F)(F)OC(F)(F)C1(F)F)C1(C(F)(F)F)OCCO1. The van der Waals surface area contributed by atoms with E-state index in [1.165, 1.54) is 0 Å². The van der Waals surface area contributed by atoms with Crippen molar-refractivity contribution in [1.82, 2.24) is 4.90 Å². The molecule has 0 aromatic rings. The first-order valence-electron chi connectivity index (χ1n) is 5.93. The molecule has 0 amide bonds. The third kappa shape index (κ3) is 2.56. The molecule has 0 N–H and O–H groups in total. The first kappa shape index (κ1) is 20.3. The first-order valence-corrected chi connectivity index (χ1v) is 5.93. The second-order valence-electron chi connectivity index (χ2n) is 4.79. The van der Waals surface area contributed by atoms with Crippen LogP contribution in [0.3, 0.4) is 0 Å². The highest BCUT2D eigenvalue weighted by Gasteiger charge is 2.87. The summed E-state index contributed by atoms with van der Waals surface area (Å²) in [6.45, 7) is -2.34. The van der Waals surface area contributed by atoms with Crippen molar-refractivity contribution in [2.24, 2.45) is 0 Å². The van der Waals surface area contributed by atoms with E-state index in [1.54, 1.807) is 0 Å². The Hall–Kier alpha value is -1.00. The summed E-state index contributed by atoms with van der Waals surface area (Å²) in [5, 5.41) is 0. The van der Waals surface area contributed by atoms with Crippen LogP contribution in [0.25, 0.3) is 0 Å². The number of morpholine rings is 1. The van der Waals surface area contributed by atoms with Crippen LogP contribution in [0.5, 0.6) is 0 Å². The highest BCUT2D eigenvalue weighted by Crippen LogP contribution is 2.59. The zero-order chi connectivity index (χ0) is 19.7. The molecule has 0 radical (unpaired) electrons. The molecule has 1 unspecified atom stereocenters. The van der Waals surface area contributed by atoms with Gasteiger partial charge in [-0.15, -0.1) is 4.90 Å². The molecule has 0 bridgehead atoms. The quantitative estimate of drug-likeness (QED) is 0.523. The lowest BCUT2D eigenvalue weighted by Gasteiger charge is -2.50. The Kier molecular flexibility index (Phi) is 4.27. The van der Waals surface area contributed by atoms with Gasteiger partial charge in [0.25, 0.3) is 0 Å². The minimum absolute atomic E-state index is 1.17. The van der Waals surface area contributed by atoms with Crippen LogP contribution in [0.1, 0.15) is 0 Å². The fraction of sp³-hybridized carbons (Fsp3) is 1.00. The second-order valence-corrected chi connectivity index (χ2v) is 4.79. The number of rotatable bonds is 2. The van der Waals surface area contributed by atoms with Crippen molar-refractivity contribution in [3.05, 3.63) is 0 Å². The smallest absolute Gasteiger partial charge is 0.337 e. The molecule has 0 aliphatic carbocycles. The molecule has 16 heteroatoms. The Bertz CT molecular complexity index is 502. The normalized spacial score (nSPS) is 31.7. The van der Waals surface area contributed by atoms with Gasteiger partial charge in [-0.1, -0.05) is 0 Å². The Morgan fingerprint density at radius 2 is 1.12 bits per heavy atom. The zero-order valence-electron chi connectivity index (χ0n) is 11.2. The molecule has 0 saturated carbocycles. The van der Waals surface area contributed by atoms with Gasteiger partial charge in [0.05, 0.1) is 13.2 Å². The van der Waals surface area contributed by atoms with Crippen molar-refractivity contribution in [1.29, 1.82) is 0 Å². The van der Waals surface area contributed by atoms with Gasteiger partial charge in [0.1, 0.15) is 0 Å². The minimum atomic E-state index is -6.63. The van der Waals surface area contributed by atoms with Crippen LogP contribution in [0, 0.1) is 0 Å². The molecule has 2 saturated heterocycles. The highest BCUT2D eigenvalue weighted by molar-refractivity contribution is 5.01. The van der Waals surface area contributed by atoms with Crippen LogP contribution in [0.15, 0.2) is 0 Å². The van der Waals surface area contributed by atoms with Crippen molar-refractivity contribution in [2.45, 2.75) is 42.6 Å². The van der Waals surface area contributed by atoms with E-state index < -0.39 is 60.7 Å². The summed E-state index contributed by atoms with van der Waals surface area (Å²) in [7, 11) is 0. The second kappa shape index (κ2) is 5.26. The predicted octanol–water partition coefficient (Wildman–Crippen LogP) is 3.29. The minimum Gasteiger partial charge on any atom is -0.337 e. The standard InChI is InChI=1S/C9H5F12NO3/c10-3(4(5(11,12)13)23-1-2-24-4)22-6(14,15)8(18,19)25-9(20,21)7(22,16)17/h3H,1-2H2. The summed E-state index contributed by atoms with van der Waals surface area (Å²) in [6.07, 6.45) is -24.1. The molecule has 0 aromatic heterocycles. The Balaban J connectivity index is 2.63. The summed E-state index contributed by atoms with van der Waals surface area (Å²) >= 11 is 0. The number of alkyl halides is 12. The topological polar surface area (TPSA) is 30.9 Å². The van der Waals surface area contributed by atoms with E-state index >= 15 is 0 Å². The molecule has 148 valence electrons. The summed E-state index contributed by atoms with van der Waals surface area (Å²) < 4.78 is 168. The number of hydrogen-bond acceptors (Lipinski definition) is 4. The van der Waals surface area contributed by atoms with Crippen molar-refractivity contribution in [3.8, 4) is 0 Å². The monoisotopic (exact) mass is 403 g/mol. The first-order chi connectivity index (χ1) is 10.9. The molecule has 1 atom stereocenters. The van der Waals surface area contributed by atoms with Gasteiger partial charge in [0, 0.05) is 0 Å². The van der Waals surface area contributed by atoms with Crippen molar-refractivity contribution >= 4 is 0 Å². The Morgan fingerprint density at radius 3 is 1.44 bits per heavy atom. The van der Waals surface area contributed by atoms with Gasteiger partial charge in [0.2, 0.25) is 6.30 Å². The van der Waals surface area contributed by atoms with Crippen LogP contribution in [-0.2, 0) is 14.2 Å². The van der Waals surface area contributed by atoms with Gasteiger partial charge in [-0.2, -0.15) is 48.3 Å². The van der Waals surface area contributed by atoms with E-state index in [-0.39, 0.29) is 0 Å². The fourth-order valence-corrected chi connectivity index (χ4v) is 2.06. The molecule has 2 aliphatic heterocycles. The number of hydrogen-bond donors (Lipinski definition) is 0. The average molecular weight is 403 g/mol. The predicted molar refractivity (Wildman–Crippen MR) is 48.3 cm³/mol. The van der Waals surface area contributed by atoms with Crippen molar-refractivity contribution < 1.29 is 66.9 Å². The van der Waals surface area contributed by atoms with Gasteiger partial charge >= 0.3 is 36.3 Å². The third-order valence-electron chi connectivity index (χ3n) is 3.21. The van der Waals surface area contributed by atoms with Crippen LogP contribution >= 0.6 is 0 Å². The molecule has 25 heavy (non-hydrogen) atoms. The lowest BCUT2D eigenvalue weighted by Crippen LogP contribution is -2.78. The molecular weight excluding hydrogens is 398 g/mol. The van der Waals surface area contributed by atoms with Gasteiger partial charge in [0.15, 0.2) is 0 Å². The maximum Gasteiger partial charge on any atom is 0.448 e. The molecule has 0 aromatic carbocycles. The molecule has 2 aliphatic rings. The van der Waals surface area contributed by atoms with E-state index in [2.05, 4.69) is 9.47 Å². The van der Waals surface area contributed by atoms with E-state index in [1.807, 2.05) is 4.74 Å². The van der Waals surface area contributed by atoms with E-state index in [4.69, 9.17) is 0 Å². The lowest BCUT2D eigenvalue weighted by atomic mass is 10.1. The van der Waals surface area contributed by atoms with E-state index in [0.717, 1.165) is 0 Å². The molecule has 2 heterocycles. The van der Waals surface area contributed by atoms with Gasteiger partial charge in [-0.3, -0.25) is 0 Å². The van der Waals surface area contributed by atoms with E-state index in [0.29, 0.717) is 0 Å². The molecule has 4 nitrogen and oxygen atoms in total. The summed E-state index contributed by atoms with van der Waals surface area (Å²) in [5.41, 5.74) is 0. The van der Waals surface area contributed by atoms with Crippen LogP contribution < -0.4 is 0 Å². The molecule has 2 fully saturated rings. The largest absolute Gasteiger partial charge is 0.448 e. The fourth-order valence-electron chi connectivity index (χ4n) is 2.06. The highest BCUT2D eigenvalue weighted by atomic mass is 19.4. The van der Waals surface area contributed by atoms with Crippen LogP contribution in [0.2, 0.25) is 0 Å². The molecular formula is C9H5F12NO3. The summed E-state index contributed by atoms with van der Waals surface area (Å²) in [4.78, 5) is -2.96. The number of halogens is 12. The Morgan fingerprint density at radius 1 is 0.760 bits per heavy atom. The van der Waals surface area contributed by atoms with Gasteiger partial charge < -0.3 is 9.47 Å². The number of nitrogens with zero attached hydrogens (tertiary/aromatic N) is 1. The van der Waals surface area contributed by atoms with Gasteiger partial charge in [-0.05, 0) is 0 Å². The van der Waals surface area contributed by atoms with Gasteiger partial charge in [-0.25, -0.2) is 9.13 Å². The number of ether oxygens (including phenoxy) is 3. The lowest BCUT2D eigenvalue weighted by molar-refractivity contribution is -0.580. The van der Waals surface area contributed by atoms with Crippen LogP contribution in [0.4, 0.5) is 52.7 Å².